The van der Waals surface area contributed by atoms with Gasteiger partial charge in [0.1, 0.15) is 0 Å². The third kappa shape index (κ3) is 2.80. The fraction of sp³-hybridized carbons (Fsp3) is 0.167. The smallest absolute Gasteiger partial charge is 0.256 e. The summed E-state index contributed by atoms with van der Waals surface area (Å²) < 4.78 is 0.935. The van der Waals surface area contributed by atoms with E-state index in [-0.39, 0.29) is 18.2 Å². The zero-order valence-corrected chi connectivity index (χ0v) is 18.4. The number of amides is 2. The Labute approximate surface area is 188 Å². The number of hydrogen-bond donors (Lipinski definition) is 0. The third-order valence-corrected chi connectivity index (χ3v) is 6.64. The average Bonchev–Trinajstić information content (AvgIpc) is 3.25. The number of rotatable bonds is 3. The maximum Gasteiger partial charge on any atom is 0.256 e. The second-order valence-electron chi connectivity index (χ2n) is 7.53. The van der Waals surface area contributed by atoms with Gasteiger partial charge in [-0.05, 0) is 35.9 Å². The van der Waals surface area contributed by atoms with Crippen LogP contribution in [0.3, 0.4) is 0 Å². The van der Waals surface area contributed by atoms with Gasteiger partial charge >= 0.3 is 0 Å². The van der Waals surface area contributed by atoms with E-state index in [0.717, 1.165) is 21.2 Å². The number of carbonyl (C=O) groups is 2. The topological polar surface area (TPSA) is 40.6 Å². The maximum atomic E-state index is 13.6. The molecule has 30 heavy (non-hydrogen) atoms. The minimum absolute atomic E-state index is 0.0185. The van der Waals surface area contributed by atoms with Crippen LogP contribution in [0.4, 0.5) is 0 Å². The van der Waals surface area contributed by atoms with Gasteiger partial charge in [-0.15, -0.1) is 0 Å². The van der Waals surface area contributed by atoms with Crippen LogP contribution in [0.1, 0.15) is 27.0 Å². The first kappa shape index (κ1) is 19.3. The van der Waals surface area contributed by atoms with E-state index in [2.05, 4.69) is 15.9 Å². The predicted octanol–water partition coefficient (Wildman–Crippen LogP) is 4.84. The highest BCUT2D eigenvalue weighted by atomic mass is 79.9. The first-order valence-corrected chi connectivity index (χ1v) is 10.9. The van der Waals surface area contributed by atoms with Crippen LogP contribution in [-0.2, 0) is 16.9 Å². The Kier molecular flexibility index (Phi) is 4.68. The largest absolute Gasteiger partial charge is 0.309 e. The second kappa shape index (κ2) is 7.25. The molecule has 0 saturated carbocycles. The lowest BCUT2D eigenvalue weighted by Crippen LogP contribution is -2.52. The lowest BCUT2D eigenvalue weighted by molar-refractivity contribution is -0.135. The zero-order valence-electron chi connectivity index (χ0n) is 16.0. The lowest BCUT2D eigenvalue weighted by atomic mass is 9.89. The lowest BCUT2D eigenvalue weighted by Gasteiger charge is -2.40. The Balaban J connectivity index is 1.65. The van der Waals surface area contributed by atoms with Crippen LogP contribution < -0.4 is 0 Å². The second-order valence-corrected chi connectivity index (χ2v) is 8.89. The van der Waals surface area contributed by atoms with Crippen LogP contribution in [0.5, 0.6) is 0 Å². The molecule has 2 aliphatic rings. The number of benzene rings is 3. The van der Waals surface area contributed by atoms with Crippen LogP contribution >= 0.6 is 27.5 Å². The minimum Gasteiger partial charge on any atom is -0.309 e. The van der Waals surface area contributed by atoms with E-state index in [9.17, 15) is 9.59 Å². The summed E-state index contributed by atoms with van der Waals surface area (Å²) in [6.07, 6.45) is 0.263. The van der Waals surface area contributed by atoms with E-state index in [1.165, 1.54) is 0 Å². The Hall–Kier alpha value is -2.63. The number of halogens is 2. The molecule has 150 valence electrons. The fourth-order valence-corrected chi connectivity index (χ4v) is 5.27. The molecule has 1 atom stereocenters. The molecule has 3 aromatic rings. The summed E-state index contributed by atoms with van der Waals surface area (Å²) in [4.78, 5) is 30.5. The SMILES string of the molecule is O=C(Cc1cccc(Br)c1)N1CCN2C(=O)c3ccccc3C12c1ccc(Cl)cc1. The molecular formula is C24H18BrClN2O2. The van der Waals surface area contributed by atoms with Crippen LogP contribution in [0.25, 0.3) is 0 Å². The van der Waals surface area contributed by atoms with Gasteiger partial charge in [-0.2, -0.15) is 0 Å². The van der Waals surface area contributed by atoms with Gasteiger partial charge in [0.25, 0.3) is 5.91 Å². The summed E-state index contributed by atoms with van der Waals surface area (Å²) >= 11 is 9.62. The van der Waals surface area contributed by atoms with E-state index >= 15 is 0 Å². The summed E-state index contributed by atoms with van der Waals surface area (Å²) in [6.45, 7) is 0.968. The van der Waals surface area contributed by atoms with Gasteiger partial charge in [-0.25, -0.2) is 0 Å². The number of fused-ring (bicyclic) bond motifs is 3. The summed E-state index contributed by atoms with van der Waals surface area (Å²) in [7, 11) is 0. The first-order valence-electron chi connectivity index (χ1n) is 9.74. The molecule has 4 nitrogen and oxygen atoms in total. The monoisotopic (exact) mass is 480 g/mol. The average molecular weight is 482 g/mol. The van der Waals surface area contributed by atoms with Gasteiger partial charge in [0.15, 0.2) is 5.66 Å². The van der Waals surface area contributed by atoms with E-state index < -0.39 is 5.66 Å². The van der Waals surface area contributed by atoms with E-state index in [1.807, 2.05) is 82.6 Å². The standard InChI is InChI=1S/C24H18BrClN2O2/c25-18-5-3-4-16(14-18)15-22(29)27-12-13-28-23(30)20-6-1-2-7-21(20)24(27,28)17-8-10-19(26)11-9-17/h1-11,14H,12-13,15H2. The van der Waals surface area contributed by atoms with E-state index in [1.54, 1.807) is 0 Å². The highest BCUT2D eigenvalue weighted by Gasteiger charge is 2.59. The number of hydrogen-bond acceptors (Lipinski definition) is 2. The molecule has 0 spiro atoms. The van der Waals surface area contributed by atoms with Gasteiger partial charge in [0, 0.05) is 39.3 Å². The normalized spacial score (nSPS) is 19.7. The Morgan fingerprint density at radius 1 is 1.00 bits per heavy atom. The molecule has 0 radical (unpaired) electrons. The third-order valence-electron chi connectivity index (χ3n) is 5.90. The molecule has 2 aliphatic heterocycles. The van der Waals surface area contributed by atoms with E-state index in [4.69, 9.17) is 11.6 Å². The van der Waals surface area contributed by atoms with Crippen molar-refractivity contribution < 1.29 is 9.59 Å². The van der Waals surface area contributed by atoms with Crippen molar-refractivity contribution in [1.29, 1.82) is 0 Å². The number of carbonyl (C=O) groups excluding carboxylic acids is 2. The molecule has 0 bridgehead atoms. The van der Waals surface area contributed by atoms with Crippen LogP contribution in [-0.4, -0.2) is 34.7 Å². The van der Waals surface area contributed by atoms with Crippen LogP contribution in [0, 0.1) is 0 Å². The van der Waals surface area contributed by atoms with Crippen LogP contribution in [0.2, 0.25) is 5.02 Å². The number of nitrogens with zero attached hydrogens (tertiary/aromatic N) is 2. The van der Waals surface area contributed by atoms with Gasteiger partial charge < -0.3 is 9.80 Å². The van der Waals surface area contributed by atoms with Crippen molar-refractivity contribution in [2.75, 3.05) is 13.1 Å². The molecular weight excluding hydrogens is 464 g/mol. The predicted molar refractivity (Wildman–Crippen MR) is 119 cm³/mol. The summed E-state index contributed by atoms with van der Waals surface area (Å²) in [5, 5.41) is 0.615. The van der Waals surface area contributed by atoms with Gasteiger partial charge in [-0.3, -0.25) is 9.59 Å². The van der Waals surface area contributed by atoms with Gasteiger partial charge in [0.05, 0.1) is 6.42 Å². The molecule has 0 aliphatic carbocycles. The fourth-order valence-electron chi connectivity index (χ4n) is 4.70. The quantitative estimate of drug-likeness (QED) is 0.537. The van der Waals surface area contributed by atoms with Gasteiger partial charge in [-0.1, -0.05) is 70.0 Å². The molecule has 1 saturated heterocycles. The molecule has 3 aromatic carbocycles. The van der Waals surface area contributed by atoms with Crippen molar-refractivity contribution in [1.82, 2.24) is 9.80 Å². The molecule has 0 aromatic heterocycles. The molecule has 6 heteroatoms. The van der Waals surface area contributed by atoms with Crippen molar-refractivity contribution in [3.05, 3.63) is 105 Å². The highest BCUT2D eigenvalue weighted by Crippen LogP contribution is 2.49. The maximum absolute atomic E-state index is 13.6. The Morgan fingerprint density at radius 3 is 2.53 bits per heavy atom. The van der Waals surface area contributed by atoms with Gasteiger partial charge in [0.2, 0.25) is 5.91 Å². The molecule has 1 unspecified atom stereocenters. The first-order chi connectivity index (χ1) is 14.5. The zero-order chi connectivity index (χ0) is 20.9. The van der Waals surface area contributed by atoms with Crippen molar-refractivity contribution >= 4 is 39.3 Å². The minimum atomic E-state index is -0.943. The molecule has 2 heterocycles. The highest BCUT2D eigenvalue weighted by molar-refractivity contribution is 9.10. The molecule has 5 rings (SSSR count). The molecule has 2 amide bonds. The van der Waals surface area contributed by atoms with Crippen molar-refractivity contribution in [2.24, 2.45) is 0 Å². The van der Waals surface area contributed by atoms with Crippen LogP contribution in [0.15, 0.2) is 77.3 Å². The van der Waals surface area contributed by atoms with Crippen molar-refractivity contribution in [3.63, 3.8) is 0 Å². The molecule has 1 fully saturated rings. The Morgan fingerprint density at radius 2 is 1.77 bits per heavy atom. The summed E-state index contributed by atoms with van der Waals surface area (Å²) in [6, 6.07) is 22.8. The van der Waals surface area contributed by atoms with E-state index in [0.29, 0.717) is 23.7 Å². The summed E-state index contributed by atoms with van der Waals surface area (Å²) in [5.41, 5.74) is 2.34. The Bertz CT molecular complexity index is 1160. The molecule has 0 N–H and O–H groups in total. The van der Waals surface area contributed by atoms with Crippen molar-refractivity contribution in [3.8, 4) is 0 Å². The summed E-state index contributed by atoms with van der Waals surface area (Å²) in [5.74, 6) is -0.0617. The van der Waals surface area contributed by atoms with Crippen molar-refractivity contribution in [2.45, 2.75) is 12.1 Å².